The summed E-state index contributed by atoms with van der Waals surface area (Å²) in [4.78, 5) is 12.5. The number of nitrogens with one attached hydrogen (secondary N) is 1. The molecule has 1 aromatic carbocycles. The van der Waals surface area contributed by atoms with E-state index < -0.39 is 5.60 Å². The Kier molecular flexibility index (Phi) is 6.21. The fourth-order valence-corrected chi connectivity index (χ4v) is 4.22. The average Bonchev–Trinajstić information content (AvgIpc) is 2.57. The van der Waals surface area contributed by atoms with E-state index in [2.05, 4.69) is 5.32 Å². The minimum Gasteiger partial charge on any atom is -0.493 e. The lowest BCUT2D eigenvalue weighted by molar-refractivity contribution is -0.131. The van der Waals surface area contributed by atoms with Gasteiger partial charge < -0.3 is 19.9 Å². The van der Waals surface area contributed by atoms with Crippen molar-refractivity contribution >= 4 is 17.5 Å². The summed E-state index contributed by atoms with van der Waals surface area (Å²) in [5.41, 5.74) is -0.630. The number of halogens is 1. The van der Waals surface area contributed by atoms with E-state index in [4.69, 9.17) is 21.1 Å². The zero-order chi connectivity index (χ0) is 19.6. The van der Waals surface area contributed by atoms with Crippen LogP contribution in [0.2, 0.25) is 5.02 Å². The molecule has 0 unspecified atom stereocenters. The fraction of sp³-hybridized carbons (Fsp3) is 0.667. The molecule has 0 aliphatic heterocycles. The third-order valence-corrected chi connectivity index (χ3v) is 6.19. The second kappa shape index (κ2) is 8.27. The van der Waals surface area contributed by atoms with Gasteiger partial charge in [0.15, 0.2) is 11.5 Å². The van der Waals surface area contributed by atoms with E-state index >= 15 is 0 Å². The van der Waals surface area contributed by atoms with Crippen molar-refractivity contribution in [3.8, 4) is 11.5 Å². The summed E-state index contributed by atoms with van der Waals surface area (Å²) in [6.07, 6.45) is 5.22. The first kappa shape index (κ1) is 20.3. The number of hydrogen-bond donors (Lipinski definition) is 2. The third-order valence-electron chi connectivity index (χ3n) is 5.96. The van der Waals surface area contributed by atoms with Gasteiger partial charge in [0.25, 0.3) is 0 Å². The molecule has 0 spiro atoms. The molecule has 2 N–H and O–H groups in total. The summed E-state index contributed by atoms with van der Waals surface area (Å²) < 4.78 is 11.3. The molecular formula is C21H30ClNO4. The van der Waals surface area contributed by atoms with Gasteiger partial charge in [-0.15, -0.1) is 0 Å². The number of ether oxygens (including phenoxy) is 2. The van der Waals surface area contributed by atoms with Gasteiger partial charge in [0.05, 0.1) is 12.7 Å². The van der Waals surface area contributed by atoms with Crippen molar-refractivity contribution in [2.45, 2.75) is 70.1 Å². The van der Waals surface area contributed by atoms with Crippen molar-refractivity contribution in [2.75, 3.05) is 7.11 Å². The minimum atomic E-state index is -0.630. The number of benzene rings is 1. The second-order valence-electron chi connectivity index (χ2n) is 8.41. The smallest absolute Gasteiger partial charge is 0.223 e. The topological polar surface area (TPSA) is 67.8 Å². The van der Waals surface area contributed by atoms with Gasteiger partial charge in [-0.05, 0) is 70.4 Å². The molecule has 2 aliphatic rings. The van der Waals surface area contributed by atoms with Gasteiger partial charge in [-0.2, -0.15) is 0 Å². The van der Waals surface area contributed by atoms with Crippen molar-refractivity contribution in [2.24, 2.45) is 11.8 Å². The summed E-state index contributed by atoms with van der Waals surface area (Å²) in [5, 5.41) is 13.9. The predicted octanol–water partition coefficient (Wildman–Crippen LogP) is 3.95. The Morgan fingerprint density at radius 3 is 2.44 bits per heavy atom. The van der Waals surface area contributed by atoms with Gasteiger partial charge in [-0.3, -0.25) is 4.79 Å². The molecule has 0 atom stereocenters. The highest BCUT2D eigenvalue weighted by Crippen LogP contribution is 2.37. The van der Waals surface area contributed by atoms with Crippen molar-refractivity contribution in [1.82, 2.24) is 5.32 Å². The molecule has 0 radical (unpaired) electrons. The van der Waals surface area contributed by atoms with Gasteiger partial charge in [0.2, 0.25) is 5.91 Å². The van der Waals surface area contributed by atoms with Crippen LogP contribution in [-0.4, -0.2) is 35.9 Å². The minimum absolute atomic E-state index is 0.00665. The van der Waals surface area contributed by atoms with Crippen molar-refractivity contribution < 1.29 is 19.4 Å². The lowest BCUT2D eigenvalue weighted by Gasteiger charge is -2.38. The monoisotopic (exact) mass is 395 g/mol. The summed E-state index contributed by atoms with van der Waals surface area (Å²) in [7, 11) is 1.60. The maximum absolute atomic E-state index is 12.5. The zero-order valence-electron chi connectivity index (χ0n) is 16.3. The van der Waals surface area contributed by atoms with E-state index in [0.29, 0.717) is 35.3 Å². The first-order valence-electron chi connectivity index (χ1n) is 9.79. The Labute approximate surface area is 166 Å². The first-order valence-corrected chi connectivity index (χ1v) is 10.2. The highest BCUT2D eigenvalue weighted by molar-refractivity contribution is 6.30. The van der Waals surface area contributed by atoms with Crippen LogP contribution in [0.15, 0.2) is 18.2 Å². The lowest BCUT2D eigenvalue weighted by Crippen LogP contribution is -2.48. The van der Waals surface area contributed by atoms with Crippen molar-refractivity contribution in [1.29, 1.82) is 0 Å². The summed E-state index contributed by atoms with van der Waals surface area (Å²) in [6.45, 7) is 3.75. The first-order chi connectivity index (χ1) is 12.8. The normalized spacial score (nSPS) is 28.2. The number of rotatable bonds is 6. The quantitative estimate of drug-likeness (QED) is 0.765. The molecule has 1 aromatic rings. The van der Waals surface area contributed by atoms with Crippen LogP contribution < -0.4 is 14.8 Å². The molecule has 0 bridgehead atoms. The highest BCUT2D eigenvalue weighted by atomic mass is 35.5. The molecule has 0 aromatic heterocycles. The molecule has 2 saturated carbocycles. The Morgan fingerprint density at radius 1 is 1.19 bits per heavy atom. The van der Waals surface area contributed by atoms with E-state index in [1.54, 1.807) is 25.3 Å². The number of carbonyl (C=O) groups is 1. The van der Waals surface area contributed by atoms with Crippen LogP contribution in [0, 0.1) is 11.8 Å². The zero-order valence-corrected chi connectivity index (χ0v) is 17.1. The molecule has 1 amide bonds. The molecule has 150 valence electrons. The molecule has 0 saturated heterocycles. The largest absolute Gasteiger partial charge is 0.493 e. The van der Waals surface area contributed by atoms with Gasteiger partial charge in [-0.1, -0.05) is 11.6 Å². The SMILES string of the molecule is COc1ccc(Cl)cc1OC1CC(C(=O)NC2CCC(C(C)(C)O)CC2)C1. The molecular weight excluding hydrogens is 366 g/mol. The van der Waals surface area contributed by atoms with Crippen LogP contribution in [-0.2, 0) is 4.79 Å². The lowest BCUT2D eigenvalue weighted by atomic mass is 9.76. The average molecular weight is 396 g/mol. The Balaban J connectivity index is 1.42. The number of amides is 1. The summed E-state index contributed by atoms with van der Waals surface area (Å²) in [5.74, 6) is 1.72. The van der Waals surface area contributed by atoms with Crippen LogP contribution in [0.25, 0.3) is 0 Å². The van der Waals surface area contributed by atoms with Crippen LogP contribution >= 0.6 is 11.6 Å². The molecule has 2 aliphatic carbocycles. The Morgan fingerprint density at radius 2 is 1.85 bits per heavy atom. The van der Waals surface area contributed by atoms with E-state index in [1.165, 1.54) is 0 Å². The maximum Gasteiger partial charge on any atom is 0.223 e. The van der Waals surface area contributed by atoms with Gasteiger partial charge in [-0.25, -0.2) is 0 Å². The fourth-order valence-electron chi connectivity index (χ4n) is 4.06. The van der Waals surface area contributed by atoms with Crippen molar-refractivity contribution in [3.05, 3.63) is 23.2 Å². The number of hydrogen-bond acceptors (Lipinski definition) is 4. The van der Waals surface area contributed by atoms with E-state index in [-0.39, 0.29) is 24.0 Å². The van der Waals surface area contributed by atoms with E-state index in [9.17, 15) is 9.90 Å². The summed E-state index contributed by atoms with van der Waals surface area (Å²) >= 11 is 6.03. The highest BCUT2D eigenvalue weighted by Gasteiger charge is 2.38. The molecule has 2 fully saturated rings. The molecule has 5 nitrogen and oxygen atoms in total. The van der Waals surface area contributed by atoms with E-state index in [1.807, 2.05) is 13.8 Å². The van der Waals surface area contributed by atoms with Gasteiger partial charge in [0, 0.05) is 23.0 Å². The molecule has 27 heavy (non-hydrogen) atoms. The van der Waals surface area contributed by atoms with Crippen LogP contribution in [0.4, 0.5) is 0 Å². The number of carbonyl (C=O) groups excluding carboxylic acids is 1. The third kappa shape index (κ3) is 5.08. The van der Waals surface area contributed by atoms with Crippen LogP contribution in [0.5, 0.6) is 11.5 Å². The predicted molar refractivity (Wildman–Crippen MR) is 105 cm³/mol. The van der Waals surface area contributed by atoms with E-state index in [0.717, 1.165) is 25.7 Å². The van der Waals surface area contributed by atoms with Crippen LogP contribution in [0.3, 0.4) is 0 Å². The van der Waals surface area contributed by atoms with Gasteiger partial charge in [0.1, 0.15) is 6.10 Å². The van der Waals surface area contributed by atoms with Crippen LogP contribution in [0.1, 0.15) is 52.4 Å². The standard InChI is InChI=1S/C21H30ClNO4/c1-21(2,25)14-4-7-16(8-5-14)23-20(24)13-10-17(11-13)27-19-12-15(22)6-9-18(19)26-3/h6,9,12-14,16-17,25H,4-5,7-8,10-11H2,1-3H3,(H,23,24). The second-order valence-corrected chi connectivity index (χ2v) is 8.85. The number of aliphatic hydroxyl groups is 1. The summed E-state index contributed by atoms with van der Waals surface area (Å²) in [6, 6.07) is 5.51. The molecule has 6 heteroatoms. The maximum atomic E-state index is 12.5. The van der Waals surface area contributed by atoms with Crippen molar-refractivity contribution in [3.63, 3.8) is 0 Å². The molecule has 3 rings (SSSR count). The molecule has 0 heterocycles. The number of methoxy groups -OCH3 is 1. The Hall–Kier alpha value is -1.46. The van der Waals surface area contributed by atoms with Gasteiger partial charge >= 0.3 is 0 Å². The Bertz CT molecular complexity index is 659.